The van der Waals surface area contributed by atoms with E-state index in [2.05, 4.69) is 5.32 Å². The van der Waals surface area contributed by atoms with Crippen LogP contribution in [0, 0.1) is 12.3 Å². The van der Waals surface area contributed by atoms with E-state index in [1.807, 2.05) is 37.3 Å². The number of hydrogen-bond donors (Lipinski definition) is 2. The molecule has 1 aromatic carbocycles. The van der Waals surface area contributed by atoms with Gasteiger partial charge in [0.05, 0.1) is 22.6 Å². The molecule has 0 radical (unpaired) electrons. The average Bonchev–Trinajstić information content (AvgIpc) is 3.70. The summed E-state index contributed by atoms with van der Waals surface area (Å²) in [5, 5.41) is 13.2. The third-order valence-corrected chi connectivity index (χ3v) is 9.55. The predicted octanol–water partition coefficient (Wildman–Crippen LogP) is 5.62. The Kier molecular flexibility index (Phi) is 7.65. The number of aliphatic carboxylic acids is 1. The van der Waals surface area contributed by atoms with Gasteiger partial charge in [0.25, 0.3) is 5.91 Å². The molecule has 0 spiro atoms. The van der Waals surface area contributed by atoms with Crippen molar-refractivity contribution < 1.29 is 27.5 Å². The number of fused-ring (bicyclic) bond motifs is 1. The second-order valence-corrected chi connectivity index (χ2v) is 13.3. The molecule has 2 aromatic heterocycles. The maximum absolute atomic E-state index is 13.1. The molecule has 9 nitrogen and oxygen atoms in total. The first kappa shape index (κ1) is 28.1. The molecular weight excluding hydrogens is 530 g/mol. The molecule has 0 aliphatic heterocycles. The molecule has 0 bridgehead atoms. The molecular formula is C30H37N3O6S. The van der Waals surface area contributed by atoms with Crippen molar-refractivity contribution in [3.63, 3.8) is 0 Å². The van der Waals surface area contributed by atoms with Crippen LogP contribution >= 0.6 is 0 Å². The van der Waals surface area contributed by atoms with Gasteiger partial charge in [0, 0.05) is 19.2 Å². The summed E-state index contributed by atoms with van der Waals surface area (Å²) in [5.41, 5.74) is 2.32. The Balaban J connectivity index is 1.57. The zero-order valence-corrected chi connectivity index (χ0v) is 24.1. The molecule has 1 amide bonds. The van der Waals surface area contributed by atoms with Gasteiger partial charge in [0.2, 0.25) is 15.7 Å². The lowest BCUT2D eigenvalue weighted by Gasteiger charge is -2.34. The first-order chi connectivity index (χ1) is 19.0. The van der Waals surface area contributed by atoms with Crippen LogP contribution in [0.2, 0.25) is 0 Å². The number of pyridine rings is 1. The number of carboxylic acid groups (broad SMARTS) is 1. The van der Waals surface area contributed by atoms with Crippen molar-refractivity contribution in [1.82, 2.24) is 10.3 Å². The number of rotatable bonds is 10. The molecule has 2 saturated carbocycles. The van der Waals surface area contributed by atoms with Gasteiger partial charge in [-0.25, -0.2) is 8.42 Å². The van der Waals surface area contributed by atoms with Crippen molar-refractivity contribution in [2.45, 2.75) is 70.6 Å². The van der Waals surface area contributed by atoms with Gasteiger partial charge in [-0.2, -0.15) is 4.98 Å². The summed E-state index contributed by atoms with van der Waals surface area (Å²) in [5.74, 6) is -0.282. The van der Waals surface area contributed by atoms with Crippen molar-refractivity contribution in [2.24, 2.45) is 5.41 Å². The van der Waals surface area contributed by atoms with E-state index in [4.69, 9.17) is 9.40 Å². The summed E-state index contributed by atoms with van der Waals surface area (Å²) >= 11 is 0. The van der Waals surface area contributed by atoms with Crippen LogP contribution in [0.1, 0.15) is 85.2 Å². The Bertz CT molecular complexity index is 1530. The van der Waals surface area contributed by atoms with E-state index in [1.54, 1.807) is 7.05 Å². The normalized spacial score (nSPS) is 17.1. The highest BCUT2D eigenvalue weighted by atomic mass is 32.2. The van der Waals surface area contributed by atoms with Crippen LogP contribution in [-0.4, -0.2) is 50.2 Å². The molecule has 2 N–H and O–H groups in total. The molecule has 214 valence electrons. The molecule has 10 heteroatoms. The maximum atomic E-state index is 13.1. The van der Waals surface area contributed by atoms with E-state index in [0.717, 1.165) is 55.1 Å². The number of hydrogen-bond acceptors (Lipinski definition) is 6. The van der Waals surface area contributed by atoms with Crippen LogP contribution in [0.25, 0.3) is 22.4 Å². The first-order valence-corrected chi connectivity index (χ1v) is 15.9. The third-order valence-electron chi connectivity index (χ3n) is 8.39. The van der Waals surface area contributed by atoms with Crippen LogP contribution in [0.15, 0.2) is 34.7 Å². The van der Waals surface area contributed by atoms with Gasteiger partial charge in [0.15, 0.2) is 0 Å². The summed E-state index contributed by atoms with van der Waals surface area (Å²) in [6.45, 7) is 2.10. The number of amides is 1. The molecule has 2 heterocycles. The first-order valence-electron chi connectivity index (χ1n) is 14.0. The van der Waals surface area contributed by atoms with Crippen molar-refractivity contribution in [3.05, 3.63) is 47.0 Å². The number of aryl methyl sites for hydroxylation is 1. The number of carbonyl (C=O) groups is 2. The van der Waals surface area contributed by atoms with E-state index in [0.29, 0.717) is 48.2 Å². The minimum absolute atomic E-state index is 0.125. The highest BCUT2D eigenvalue weighted by Crippen LogP contribution is 2.47. The lowest BCUT2D eigenvalue weighted by Crippen LogP contribution is -2.36. The zero-order chi connectivity index (χ0) is 28.7. The summed E-state index contributed by atoms with van der Waals surface area (Å²) in [4.78, 5) is 30.0. The van der Waals surface area contributed by atoms with Crippen LogP contribution in [0.3, 0.4) is 0 Å². The van der Waals surface area contributed by atoms with Gasteiger partial charge in [-0.1, -0.05) is 49.1 Å². The van der Waals surface area contributed by atoms with Crippen molar-refractivity contribution in [3.8, 4) is 11.3 Å². The molecule has 5 rings (SSSR count). The molecule has 2 fully saturated rings. The summed E-state index contributed by atoms with van der Waals surface area (Å²) in [6.07, 6.45) is 7.79. The number of carbonyl (C=O) groups excluding carboxylic acids is 1. The number of benzene rings is 1. The van der Waals surface area contributed by atoms with E-state index in [1.165, 1.54) is 4.31 Å². The van der Waals surface area contributed by atoms with Crippen LogP contribution < -0.4 is 9.62 Å². The van der Waals surface area contributed by atoms with Crippen molar-refractivity contribution in [1.29, 1.82) is 0 Å². The molecule has 0 saturated heterocycles. The minimum atomic E-state index is -3.74. The Hall–Kier alpha value is -3.40. The zero-order valence-electron chi connectivity index (χ0n) is 23.3. The fourth-order valence-corrected chi connectivity index (χ4v) is 6.89. The Morgan fingerprint density at radius 1 is 1.15 bits per heavy atom. The van der Waals surface area contributed by atoms with Crippen LogP contribution in [-0.2, 0) is 14.8 Å². The molecule has 0 atom stereocenters. The summed E-state index contributed by atoms with van der Waals surface area (Å²) < 4.78 is 33.7. The quantitative estimate of drug-likeness (QED) is 0.325. The second-order valence-electron chi connectivity index (χ2n) is 11.4. The van der Waals surface area contributed by atoms with Gasteiger partial charge in [-0.15, -0.1) is 0 Å². The lowest BCUT2D eigenvalue weighted by molar-refractivity contribution is -0.151. The Morgan fingerprint density at radius 2 is 1.82 bits per heavy atom. The molecule has 2 aliphatic rings. The largest absolute Gasteiger partial charge is 0.481 e. The Morgan fingerprint density at radius 3 is 2.40 bits per heavy atom. The molecule has 2 aliphatic carbocycles. The fraction of sp³-hybridized carbons (Fsp3) is 0.500. The minimum Gasteiger partial charge on any atom is -0.481 e. The number of nitrogens with one attached hydrogen (secondary N) is 1. The molecule has 40 heavy (non-hydrogen) atoms. The van der Waals surface area contributed by atoms with Crippen molar-refractivity contribution in [2.75, 3.05) is 24.2 Å². The summed E-state index contributed by atoms with van der Waals surface area (Å²) in [7, 11) is -2.18. The lowest BCUT2D eigenvalue weighted by atomic mass is 9.71. The fourth-order valence-electron chi connectivity index (χ4n) is 5.97. The van der Waals surface area contributed by atoms with Gasteiger partial charge in [-0.05, 0) is 63.0 Å². The highest BCUT2D eigenvalue weighted by molar-refractivity contribution is 7.92. The number of nitrogens with zero attached hydrogens (tertiary/aromatic N) is 2. The van der Waals surface area contributed by atoms with Crippen LogP contribution in [0.4, 0.5) is 5.82 Å². The van der Waals surface area contributed by atoms with E-state index in [9.17, 15) is 23.1 Å². The molecule has 0 unspecified atom stereocenters. The predicted molar refractivity (Wildman–Crippen MR) is 154 cm³/mol. The highest BCUT2D eigenvalue weighted by Gasteiger charge is 2.40. The number of sulfonamides is 1. The standard InChI is InChI=1S/C30H37N3O6S/c1-19-8-10-21(11-9-19)25-24(27(34)31-2)23-18-22(20-12-13-20)26(32-28(23)39-25)33(40(3,37)38)17-7-16-30(29(35)36)14-5-4-6-15-30/h8-11,18,20H,4-7,12-17H2,1-3H3,(H,31,34)(H,35,36). The smallest absolute Gasteiger partial charge is 0.309 e. The van der Waals surface area contributed by atoms with Gasteiger partial charge in [-0.3, -0.25) is 13.9 Å². The van der Waals surface area contributed by atoms with E-state index in [-0.39, 0.29) is 24.1 Å². The maximum Gasteiger partial charge on any atom is 0.309 e. The summed E-state index contributed by atoms with van der Waals surface area (Å²) in [6, 6.07) is 9.50. The number of aromatic nitrogens is 1. The second kappa shape index (κ2) is 10.9. The van der Waals surface area contributed by atoms with Gasteiger partial charge < -0.3 is 14.8 Å². The number of anilines is 1. The van der Waals surface area contributed by atoms with Gasteiger partial charge >= 0.3 is 5.97 Å². The number of carboxylic acids is 1. The number of furan rings is 1. The van der Waals surface area contributed by atoms with Crippen molar-refractivity contribution >= 4 is 38.8 Å². The van der Waals surface area contributed by atoms with E-state index >= 15 is 0 Å². The third kappa shape index (κ3) is 5.46. The monoisotopic (exact) mass is 567 g/mol. The molecule has 3 aromatic rings. The SMILES string of the molecule is CNC(=O)c1c(-c2ccc(C)cc2)oc2nc(N(CCCC3(C(=O)O)CCCCC3)S(C)(=O)=O)c(C3CC3)cc12. The van der Waals surface area contributed by atoms with Gasteiger partial charge in [0.1, 0.15) is 11.6 Å². The average molecular weight is 568 g/mol. The Labute approximate surface area is 235 Å². The topological polar surface area (TPSA) is 130 Å². The van der Waals surface area contributed by atoms with E-state index < -0.39 is 21.4 Å². The van der Waals surface area contributed by atoms with Crippen LogP contribution in [0.5, 0.6) is 0 Å².